The van der Waals surface area contributed by atoms with Crippen LogP contribution < -0.4 is 10.2 Å². The fourth-order valence-electron chi connectivity index (χ4n) is 3.06. The molecule has 1 saturated heterocycles. The normalized spacial score (nSPS) is 18.0. The van der Waals surface area contributed by atoms with Gasteiger partial charge >= 0.3 is 0 Å². The van der Waals surface area contributed by atoms with Crippen molar-refractivity contribution in [1.82, 2.24) is 5.32 Å². The first-order chi connectivity index (χ1) is 10.7. The Hall–Kier alpha value is -2.29. The van der Waals surface area contributed by atoms with E-state index < -0.39 is 0 Å². The van der Waals surface area contributed by atoms with Crippen molar-refractivity contribution in [1.29, 1.82) is 0 Å². The van der Waals surface area contributed by atoms with Crippen LogP contribution in [0.25, 0.3) is 0 Å². The quantitative estimate of drug-likeness (QED) is 0.941. The number of anilines is 1. The summed E-state index contributed by atoms with van der Waals surface area (Å²) in [6.45, 7) is 3.91. The van der Waals surface area contributed by atoms with Crippen molar-refractivity contribution in [2.45, 2.75) is 25.8 Å². The van der Waals surface area contributed by atoms with Crippen molar-refractivity contribution in [2.24, 2.45) is 0 Å². The number of benzene rings is 2. The van der Waals surface area contributed by atoms with E-state index in [1.807, 2.05) is 37.3 Å². The van der Waals surface area contributed by atoms with Crippen molar-refractivity contribution < 1.29 is 4.79 Å². The third-order valence-electron chi connectivity index (χ3n) is 4.27. The van der Waals surface area contributed by atoms with Crippen LogP contribution >= 0.6 is 0 Å². The van der Waals surface area contributed by atoms with Gasteiger partial charge in [0.15, 0.2) is 0 Å². The summed E-state index contributed by atoms with van der Waals surface area (Å²) in [5, 5.41) is 3.20. The van der Waals surface area contributed by atoms with Crippen LogP contribution in [0.2, 0.25) is 0 Å². The molecule has 1 fully saturated rings. The predicted molar refractivity (Wildman–Crippen MR) is 90.3 cm³/mol. The van der Waals surface area contributed by atoms with Crippen molar-refractivity contribution in [3.8, 4) is 0 Å². The van der Waals surface area contributed by atoms with Gasteiger partial charge in [-0.05, 0) is 43.5 Å². The van der Waals surface area contributed by atoms with E-state index in [1.54, 1.807) is 0 Å². The highest BCUT2D eigenvalue weighted by Crippen LogP contribution is 2.19. The second-order valence-electron chi connectivity index (χ2n) is 5.91. The fourth-order valence-corrected chi connectivity index (χ4v) is 3.06. The Morgan fingerprint density at radius 1 is 1.09 bits per heavy atom. The zero-order valence-electron chi connectivity index (χ0n) is 13.0. The number of piperidine rings is 1. The summed E-state index contributed by atoms with van der Waals surface area (Å²) < 4.78 is 0. The number of carbonyl (C=O) groups excluding carboxylic acids is 1. The Kier molecular flexibility index (Phi) is 4.42. The molecule has 0 spiro atoms. The van der Waals surface area contributed by atoms with Gasteiger partial charge in [0, 0.05) is 30.4 Å². The molecule has 1 unspecified atom stereocenters. The topological polar surface area (TPSA) is 32.3 Å². The van der Waals surface area contributed by atoms with E-state index in [0.29, 0.717) is 0 Å². The SMILES string of the molecule is Cc1ccccc1C(=O)NC1CCCN(c2ccccc2)C1. The van der Waals surface area contributed by atoms with E-state index in [1.165, 1.54) is 5.69 Å². The summed E-state index contributed by atoms with van der Waals surface area (Å²) in [5.41, 5.74) is 3.03. The third kappa shape index (κ3) is 3.30. The van der Waals surface area contributed by atoms with E-state index in [9.17, 15) is 4.79 Å². The van der Waals surface area contributed by atoms with Gasteiger partial charge in [-0.2, -0.15) is 0 Å². The van der Waals surface area contributed by atoms with Crippen LogP contribution in [0.1, 0.15) is 28.8 Å². The molecule has 114 valence electrons. The molecule has 0 saturated carbocycles. The number of nitrogens with one attached hydrogen (secondary N) is 1. The fraction of sp³-hybridized carbons (Fsp3) is 0.316. The van der Waals surface area contributed by atoms with E-state index in [0.717, 1.165) is 37.1 Å². The van der Waals surface area contributed by atoms with E-state index in [-0.39, 0.29) is 11.9 Å². The summed E-state index contributed by atoms with van der Waals surface area (Å²) in [4.78, 5) is 14.8. The predicted octanol–water partition coefficient (Wildman–Crippen LogP) is 3.39. The van der Waals surface area contributed by atoms with Crippen LogP contribution in [0.4, 0.5) is 5.69 Å². The van der Waals surface area contributed by atoms with Gasteiger partial charge in [0.05, 0.1) is 0 Å². The van der Waals surface area contributed by atoms with Crippen molar-refractivity contribution >= 4 is 11.6 Å². The van der Waals surface area contributed by atoms with Crippen LogP contribution in [-0.4, -0.2) is 25.0 Å². The molecule has 1 amide bonds. The number of amides is 1. The molecule has 2 aromatic carbocycles. The molecule has 0 radical (unpaired) electrons. The number of aryl methyl sites for hydroxylation is 1. The Morgan fingerprint density at radius 3 is 2.59 bits per heavy atom. The Morgan fingerprint density at radius 2 is 1.82 bits per heavy atom. The first-order valence-electron chi connectivity index (χ1n) is 7.90. The average molecular weight is 294 g/mol. The molecule has 3 heteroatoms. The molecule has 2 aromatic rings. The van der Waals surface area contributed by atoms with Crippen LogP contribution in [0.15, 0.2) is 54.6 Å². The number of para-hydroxylation sites is 1. The van der Waals surface area contributed by atoms with Gasteiger partial charge in [-0.3, -0.25) is 4.79 Å². The molecule has 3 nitrogen and oxygen atoms in total. The van der Waals surface area contributed by atoms with Crippen LogP contribution in [0.5, 0.6) is 0 Å². The smallest absolute Gasteiger partial charge is 0.251 e. The number of hydrogen-bond donors (Lipinski definition) is 1. The molecule has 1 heterocycles. The first-order valence-corrected chi connectivity index (χ1v) is 7.90. The van der Waals surface area contributed by atoms with Crippen molar-refractivity contribution in [3.63, 3.8) is 0 Å². The molecular weight excluding hydrogens is 272 g/mol. The summed E-state index contributed by atoms with van der Waals surface area (Å²) in [6, 6.07) is 18.4. The van der Waals surface area contributed by atoms with E-state index >= 15 is 0 Å². The summed E-state index contributed by atoms with van der Waals surface area (Å²) in [7, 11) is 0. The van der Waals surface area contributed by atoms with Gasteiger partial charge in [0.25, 0.3) is 5.91 Å². The number of hydrogen-bond acceptors (Lipinski definition) is 2. The Bertz CT molecular complexity index is 639. The lowest BCUT2D eigenvalue weighted by atomic mass is 10.0. The molecule has 1 N–H and O–H groups in total. The molecule has 1 aliphatic heterocycles. The highest BCUT2D eigenvalue weighted by molar-refractivity contribution is 5.95. The molecule has 1 atom stereocenters. The number of carbonyl (C=O) groups is 1. The highest BCUT2D eigenvalue weighted by atomic mass is 16.1. The van der Waals surface area contributed by atoms with Crippen LogP contribution in [-0.2, 0) is 0 Å². The zero-order valence-corrected chi connectivity index (χ0v) is 13.0. The number of nitrogens with zero attached hydrogens (tertiary/aromatic N) is 1. The molecular formula is C19H22N2O. The van der Waals surface area contributed by atoms with Gasteiger partial charge in [0.1, 0.15) is 0 Å². The van der Waals surface area contributed by atoms with E-state index in [2.05, 4.69) is 34.5 Å². The maximum Gasteiger partial charge on any atom is 0.251 e. The third-order valence-corrected chi connectivity index (χ3v) is 4.27. The lowest BCUT2D eigenvalue weighted by molar-refractivity contribution is 0.0932. The number of rotatable bonds is 3. The van der Waals surface area contributed by atoms with Crippen molar-refractivity contribution in [3.05, 3.63) is 65.7 Å². The molecule has 0 aliphatic carbocycles. The molecule has 1 aliphatic rings. The summed E-state index contributed by atoms with van der Waals surface area (Å²) >= 11 is 0. The second-order valence-corrected chi connectivity index (χ2v) is 5.91. The summed E-state index contributed by atoms with van der Waals surface area (Å²) in [5.74, 6) is 0.0398. The highest BCUT2D eigenvalue weighted by Gasteiger charge is 2.22. The molecule has 0 aromatic heterocycles. The van der Waals surface area contributed by atoms with Gasteiger partial charge < -0.3 is 10.2 Å². The maximum absolute atomic E-state index is 12.4. The van der Waals surface area contributed by atoms with Gasteiger partial charge in [-0.1, -0.05) is 36.4 Å². The lowest BCUT2D eigenvalue weighted by Gasteiger charge is -2.34. The van der Waals surface area contributed by atoms with Crippen molar-refractivity contribution in [2.75, 3.05) is 18.0 Å². The molecule has 0 bridgehead atoms. The largest absolute Gasteiger partial charge is 0.369 e. The summed E-state index contributed by atoms with van der Waals surface area (Å²) in [6.07, 6.45) is 2.15. The lowest BCUT2D eigenvalue weighted by Crippen LogP contribution is -2.47. The van der Waals surface area contributed by atoms with E-state index in [4.69, 9.17) is 0 Å². The monoisotopic (exact) mass is 294 g/mol. The Balaban J connectivity index is 1.66. The second kappa shape index (κ2) is 6.65. The molecule has 22 heavy (non-hydrogen) atoms. The van der Waals surface area contributed by atoms with Gasteiger partial charge in [0.2, 0.25) is 0 Å². The van der Waals surface area contributed by atoms with Gasteiger partial charge in [-0.25, -0.2) is 0 Å². The van der Waals surface area contributed by atoms with Crippen LogP contribution in [0, 0.1) is 6.92 Å². The maximum atomic E-state index is 12.4. The first kappa shape index (κ1) is 14.6. The zero-order chi connectivity index (χ0) is 15.4. The minimum absolute atomic E-state index is 0.0398. The minimum atomic E-state index is 0.0398. The van der Waals surface area contributed by atoms with Crippen LogP contribution in [0.3, 0.4) is 0 Å². The minimum Gasteiger partial charge on any atom is -0.369 e. The molecule has 3 rings (SSSR count). The van der Waals surface area contributed by atoms with Gasteiger partial charge in [-0.15, -0.1) is 0 Å². The standard InChI is InChI=1S/C19H22N2O/c1-15-8-5-6-12-18(15)19(22)20-16-9-7-13-21(14-16)17-10-3-2-4-11-17/h2-6,8,10-12,16H,7,9,13-14H2,1H3,(H,20,22). The average Bonchev–Trinajstić information content (AvgIpc) is 2.56. The Labute approximate surface area is 132 Å².